The molecular formula is C15H26N4O. The highest BCUT2D eigenvalue weighted by Gasteiger charge is 2.28. The van der Waals surface area contributed by atoms with Crippen LogP contribution in [0, 0.1) is 0 Å². The van der Waals surface area contributed by atoms with Gasteiger partial charge in [0.2, 0.25) is 0 Å². The summed E-state index contributed by atoms with van der Waals surface area (Å²) < 4.78 is 5.20. The summed E-state index contributed by atoms with van der Waals surface area (Å²) in [6.07, 6.45) is 1.78. The molecule has 2 atom stereocenters. The molecule has 5 nitrogen and oxygen atoms in total. The highest BCUT2D eigenvalue weighted by molar-refractivity contribution is 5.31. The lowest BCUT2D eigenvalue weighted by Crippen LogP contribution is -2.56. The second-order valence-electron chi connectivity index (χ2n) is 5.71. The van der Waals surface area contributed by atoms with Crippen molar-refractivity contribution in [3.8, 4) is 0 Å². The van der Waals surface area contributed by atoms with E-state index in [1.54, 1.807) is 13.3 Å². The maximum Gasteiger partial charge on any atom is 0.123 e. The molecule has 0 aromatic carbocycles. The van der Waals surface area contributed by atoms with Crippen LogP contribution in [0.1, 0.15) is 19.4 Å². The summed E-state index contributed by atoms with van der Waals surface area (Å²) in [6.45, 7) is 9.50. The SMILES string of the molecule is COCCN1[C@@H](C)CN(Cc2ccnc(N)c2)C[C@@H]1C. The average Bonchev–Trinajstić information content (AvgIpc) is 2.38. The second kappa shape index (κ2) is 7.02. The smallest absolute Gasteiger partial charge is 0.123 e. The van der Waals surface area contributed by atoms with Crippen molar-refractivity contribution in [3.05, 3.63) is 23.9 Å². The Hall–Kier alpha value is -1.17. The van der Waals surface area contributed by atoms with E-state index in [-0.39, 0.29) is 0 Å². The van der Waals surface area contributed by atoms with Crippen LogP contribution in [0.15, 0.2) is 18.3 Å². The number of aromatic nitrogens is 1. The lowest BCUT2D eigenvalue weighted by atomic mass is 10.1. The molecule has 0 aliphatic carbocycles. The van der Waals surface area contributed by atoms with E-state index in [0.717, 1.165) is 32.8 Å². The monoisotopic (exact) mass is 278 g/mol. The fourth-order valence-electron chi connectivity index (χ4n) is 3.08. The molecule has 112 valence electrons. The summed E-state index contributed by atoms with van der Waals surface area (Å²) in [6, 6.07) is 5.11. The second-order valence-corrected chi connectivity index (χ2v) is 5.71. The zero-order valence-corrected chi connectivity index (χ0v) is 12.7. The predicted octanol–water partition coefficient (Wildman–Crippen LogP) is 1.20. The number of hydrogen-bond acceptors (Lipinski definition) is 5. The number of hydrogen-bond donors (Lipinski definition) is 1. The summed E-state index contributed by atoms with van der Waals surface area (Å²) in [7, 11) is 1.76. The maximum absolute atomic E-state index is 5.74. The Kier molecular flexibility index (Phi) is 5.34. The topological polar surface area (TPSA) is 54.6 Å². The first-order chi connectivity index (χ1) is 9.60. The molecule has 1 aliphatic heterocycles. The van der Waals surface area contributed by atoms with Crippen LogP contribution in [-0.2, 0) is 11.3 Å². The summed E-state index contributed by atoms with van der Waals surface area (Å²) in [5.41, 5.74) is 6.98. The molecule has 2 rings (SSSR count). The molecule has 2 N–H and O–H groups in total. The van der Waals surface area contributed by atoms with Crippen molar-refractivity contribution >= 4 is 5.82 Å². The van der Waals surface area contributed by atoms with Crippen molar-refractivity contribution in [1.82, 2.24) is 14.8 Å². The number of pyridine rings is 1. The number of nitrogens with zero attached hydrogens (tertiary/aromatic N) is 3. The number of nitrogen functional groups attached to an aromatic ring is 1. The lowest BCUT2D eigenvalue weighted by molar-refractivity contribution is 0.0179. The molecule has 0 radical (unpaired) electrons. The highest BCUT2D eigenvalue weighted by Crippen LogP contribution is 2.18. The molecule has 0 amide bonds. The van der Waals surface area contributed by atoms with Gasteiger partial charge in [0.25, 0.3) is 0 Å². The number of anilines is 1. The number of rotatable bonds is 5. The number of methoxy groups -OCH3 is 1. The fraction of sp³-hybridized carbons (Fsp3) is 0.667. The maximum atomic E-state index is 5.74. The molecule has 1 aromatic heterocycles. The summed E-state index contributed by atoms with van der Waals surface area (Å²) in [5.74, 6) is 0.599. The molecule has 5 heteroatoms. The van der Waals surface area contributed by atoms with E-state index in [1.807, 2.05) is 12.1 Å². The van der Waals surface area contributed by atoms with Gasteiger partial charge in [0.05, 0.1) is 6.61 Å². The van der Waals surface area contributed by atoms with Gasteiger partial charge in [-0.2, -0.15) is 0 Å². The molecule has 0 saturated carbocycles. The highest BCUT2D eigenvalue weighted by atomic mass is 16.5. The van der Waals surface area contributed by atoms with Crippen LogP contribution in [0.5, 0.6) is 0 Å². The van der Waals surface area contributed by atoms with Gasteiger partial charge in [0.1, 0.15) is 5.82 Å². The Morgan fingerprint density at radius 1 is 1.35 bits per heavy atom. The minimum absolute atomic E-state index is 0.549. The van der Waals surface area contributed by atoms with Crippen molar-refractivity contribution in [3.63, 3.8) is 0 Å². The molecule has 1 fully saturated rings. The van der Waals surface area contributed by atoms with Gasteiger partial charge in [0, 0.05) is 51.6 Å². The molecule has 0 spiro atoms. The summed E-state index contributed by atoms with van der Waals surface area (Å²) in [5, 5.41) is 0. The van der Waals surface area contributed by atoms with Gasteiger partial charge in [-0.15, -0.1) is 0 Å². The molecule has 1 aliphatic rings. The molecule has 2 heterocycles. The fourth-order valence-corrected chi connectivity index (χ4v) is 3.08. The van der Waals surface area contributed by atoms with E-state index in [1.165, 1.54) is 5.56 Å². The predicted molar refractivity (Wildman–Crippen MR) is 81.4 cm³/mol. The largest absolute Gasteiger partial charge is 0.384 e. The third kappa shape index (κ3) is 3.91. The average molecular weight is 278 g/mol. The molecule has 0 unspecified atom stereocenters. The zero-order valence-electron chi connectivity index (χ0n) is 12.7. The van der Waals surface area contributed by atoms with Crippen LogP contribution in [0.3, 0.4) is 0 Å². The van der Waals surface area contributed by atoms with Crippen LogP contribution >= 0.6 is 0 Å². The first-order valence-corrected chi connectivity index (χ1v) is 7.27. The Balaban J connectivity index is 1.93. The molecule has 1 saturated heterocycles. The third-order valence-corrected chi connectivity index (χ3v) is 3.98. The number of nitrogens with two attached hydrogens (primary N) is 1. The minimum Gasteiger partial charge on any atom is -0.384 e. The Morgan fingerprint density at radius 2 is 2.05 bits per heavy atom. The van der Waals surface area contributed by atoms with Gasteiger partial charge < -0.3 is 10.5 Å². The van der Waals surface area contributed by atoms with Crippen molar-refractivity contribution in [1.29, 1.82) is 0 Å². The van der Waals surface area contributed by atoms with Gasteiger partial charge in [-0.25, -0.2) is 4.98 Å². The first kappa shape index (κ1) is 15.2. The van der Waals surface area contributed by atoms with Gasteiger partial charge in [-0.3, -0.25) is 9.80 Å². The van der Waals surface area contributed by atoms with E-state index in [2.05, 4.69) is 28.6 Å². The van der Waals surface area contributed by atoms with Crippen LogP contribution < -0.4 is 5.73 Å². The Morgan fingerprint density at radius 3 is 2.65 bits per heavy atom. The van der Waals surface area contributed by atoms with Crippen LogP contribution in [0.2, 0.25) is 0 Å². The quantitative estimate of drug-likeness (QED) is 0.877. The van der Waals surface area contributed by atoms with Crippen molar-refractivity contribution in [2.24, 2.45) is 0 Å². The van der Waals surface area contributed by atoms with Crippen LogP contribution in [0.25, 0.3) is 0 Å². The Labute approximate surface area is 121 Å². The molecule has 0 bridgehead atoms. The third-order valence-electron chi connectivity index (χ3n) is 3.98. The zero-order chi connectivity index (χ0) is 14.5. The van der Waals surface area contributed by atoms with Gasteiger partial charge >= 0.3 is 0 Å². The van der Waals surface area contributed by atoms with Crippen molar-refractivity contribution in [2.45, 2.75) is 32.5 Å². The number of piperazine rings is 1. The number of ether oxygens (including phenoxy) is 1. The van der Waals surface area contributed by atoms with E-state index < -0.39 is 0 Å². The van der Waals surface area contributed by atoms with Crippen LogP contribution in [-0.4, -0.2) is 60.2 Å². The summed E-state index contributed by atoms with van der Waals surface area (Å²) >= 11 is 0. The van der Waals surface area contributed by atoms with Gasteiger partial charge in [-0.05, 0) is 31.5 Å². The molecule has 1 aromatic rings. The standard InChI is InChI=1S/C15H26N4O/c1-12-9-18(10-13(2)19(12)6-7-20-3)11-14-4-5-17-15(16)8-14/h4-5,8,12-13H,6-7,9-11H2,1-3H3,(H2,16,17)/t12-,13-/m0/s1. The van der Waals surface area contributed by atoms with E-state index in [0.29, 0.717) is 17.9 Å². The summed E-state index contributed by atoms with van der Waals surface area (Å²) in [4.78, 5) is 9.07. The lowest BCUT2D eigenvalue weighted by Gasteiger charge is -2.44. The first-order valence-electron chi connectivity index (χ1n) is 7.27. The van der Waals surface area contributed by atoms with Crippen molar-refractivity contribution < 1.29 is 4.74 Å². The van der Waals surface area contributed by atoms with Crippen molar-refractivity contribution in [2.75, 3.05) is 39.1 Å². The van der Waals surface area contributed by atoms with E-state index in [4.69, 9.17) is 10.5 Å². The molecular weight excluding hydrogens is 252 g/mol. The van der Waals surface area contributed by atoms with Gasteiger partial charge in [-0.1, -0.05) is 0 Å². The van der Waals surface area contributed by atoms with E-state index in [9.17, 15) is 0 Å². The van der Waals surface area contributed by atoms with E-state index >= 15 is 0 Å². The normalized spacial score (nSPS) is 24.9. The molecule has 20 heavy (non-hydrogen) atoms. The van der Waals surface area contributed by atoms with Gasteiger partial charge in [0.15, 0.2) is 0 Å². The minimum atomic E-state index is 0.549. The Bertz CT molecular complexity index is 414. The van der Waals surface area contributed by atoms with Crippen LogP contribution in [0.4, 0.5) is 5.82 Å².